The predicted octanol–water partition coefficient (Wildman–Crippen LogP) is 2.18. The van der Waals surface area contributed by atoms with Crippen molar-refractivity contribution in [1.82, 2.24) is 4.90 Å². The highest BCUT2D eigenvalue weighted by atomic mass is 32.2. The average molecular weight is 308 g/mol. The molecular formula is C15H17FN2O2S. The number of benzene rings is 1. The second-order valence-corrected chi connectivity index (χ2v) is 6.04. The van der Waals surface area contributed by atoms with Crippen molar-refractivity contribution >= 4 is 17.7 Å². The van der Waals surface area contributed by atoms with Crippen molar-refractivity contribution in [1.29, 1.82) is 5.26 Å². The summed E-state index contributed by atoms with van der Waals surface area (Å²) in [4.78, 5) is 13.7. The van der Waals surface area contributed by atoms with Gasteiger partial charge in [-0.05, 0) is 17.7 Å². The number of hydrogen-bond donors (Lipinski definition) is 0. The zero-order valence-corrected chi connectivity index (χ0v) is 12.7. The van der Waals surface area contributed by atoms with Gasteiger partial charge in [0.15, 0.2) is 0 Å². The Morgan fingerprint density at radius 1 is 1.62 bits per heavy atom. The summed E-state index contributed by atoms with van der Waals surface area (Å²) in [6.07, 6.45) is 0.340. The molecule has 4 nitrogen and oxygen atoms in total. The molecule has 0 spiro atoms. The van der Waals surface area contributed by atoms with Crippen molar-refractivity contribution in [2.75, 3.05) is 25.2 Å². The van der Waals surface area contributed by atoms with Crippen LogP contribution in [0.3, 0.4) is 0 Å². The summed E-state index contributed by atoms with van der Waals surface area (Å²) in [5.74, 6) is 1.21. The van der Waals surface area contributed by atoms with E-state index in [9.17, 15) is 9.18 Å². The first kappa shape index (κ1) is 15.8. The molecule has 112 valence electrons. The molecule has 2 rings (SSSR count). The minimum Gasteiger partial charge on any atom is -0.469 e. The molecule has 1 aliphatic heterocycles. The Morgan fingerprint density at radius 2 is 2.43 bits per heavy atom. The maximum Gasteiger partial charge on any atom is 0.307 e. The molecule has 0 bridgehead atoms. The molecule has 0 N–H and O–H groups in total. The van der Waals surface area contributed by atoms with E-state index in [0.717, 1.165) is 23.6 Å². The van der Waals surface area contributed by atoms with Crippen molar-refractivity contribution in [3.8, 4) is 6.07 Å². The van der Waals surface area contributed by atoms with Crippen LogP contribution >= 0.6 is 11.8 Å². The fourth-order valence-electron chi connectivity index (χ4n) is 2.37. The van der Waals surface area contributed by atoms with Gasteiger partial charge in [-0.2, -0.15) is 17.0 Å². The van der Waals surface area contributed by atoms with Crippen LogP contribution in [0.5, 0.6) is 0 Å². The maximum absolute atomic E-state index is 13.2. The summed E-state index contributed by atoms with van der Waals surface area (Å²) < 4.78 is 17.9. The van der Waals surface area contributed by atoms with Crippen LogP contribution in [-0.4, -0.2) is 42.1 Å². The number of halogens is 1. The molecule has 0 amide bonds. The highest BCUT2D eigenvalue weighted by molar-refractivity contribution is 7.99. The minimum absolute atomic E-state index is 0.0906. The Hall–Kier alpha value is -1.58. The second kappa shape index (κ2) is 7.43. The fraction of sp³-hybridized carbons (Fsp3) is 0.467. The summed E-state index contributed by atoms with van der Waals surface area (Å²) >= 11 is 1.81. The van der Waals surface area contributed by atoms with E-state index in [2.05, 4.69) is 4.90 Å². The van der Waals surface area contributed by atoms with E-state index in [1.165, 1.54) is 19.2 Å². The van der Waals surface area contributed by atoms with Crippen LogP contribution in [0.25, 0.3) is 0 Å². The molecule has 1 aromatic carbocycles. The lowest BCUT2D eigenvalue weighted by Crippen LogP contribution is -2.43. The fourth-order valence-corrected chi connectivity index (χ4v) is 3.50. The lowest BCUT2D eigenvalue weighted by atomic mass is 10.1. The molecule has 1 aliphatic rings. The average Bonchev–Trinajstić information content (AvgIpc) is 2.50. The smallest absolute Gasteiger partial charge is 0.307 e. The van der Waals surface area contributed by atoms with Crippen molar-refractivity contribution in [2.45, 2.75) is 19.0 Å². The number of esters is 1. The highest BCUT2D eigenvalue weighted by Gasteiger charge is 2.26. The van der Waals surface area contributed by atoms with Crippen LogP contribution in [0.1, 0.15) is 17.5 Å². The Bertz CT molecular complexity index is 559. The minimum atomic E-state index is -0.407. The van der Waals surface area contributed by atoms with E-state index in [4.69, 9.17) is 10.00 Å². The van der Waals surface area contributed by atoms with Crippen LogP contribution in [-0.2, 0) is 16.1 Å². The van der Waals surface area contributed by atoms with Gasteiger partial charge in [-0.15, -0.1) is 0 Å². The van der Waals surface area contributed by atoms with Gasteiger partial charge >= 0.3 is 5.97 Å². The summed E-state index contributed by atoms with van der Waals surface area (Å²) in [7, 11) is 1.39. The Balaban J connectivity index is 2.12. The molecule has 1 aromatic rings. The Morgan fingerprint density at radius 3 is 3.14 bits per heavy atom. The number of thioether (sulfide) groups is 1. The standard InChI is InChI=1S/C15H17FN2O2S/c1-20-15(19)7-14-10-21-5-4-18(14)9-11-2-3-13(16)6-12(11)8-17/h2-3,6,14H,4-5,7,9-10H2,1H3/t14-/m1/s1. The zero-order chi connectivity index (χ0) is 15.2. The van der Waals surface area contributed by atoms with Crippen molar-refractivity contribution < 1.29 is 13.9 Å². The van der Waals surface area contributed by atoms with Crippen LogP contribution in [0.4, 0.5) is 4.39 Å². The number of rotatable bonds is 4. The third-order valence-electron chi connectivity index (χ3n) is 3.55. The van der Waals surface area contributed by atoms with Crippen LogP contribution in [0.15, 0.2) is 18.2 Å². The third kappa shape index (κ3) is 4.19. The molecule has 0 unspecified atom stereocenters. The van der Waals surface area contributed by atoms with E-state index < -0.39 is 5.82 Å². The molecule has 0 radical (unpaired) electrons. The summed E-state index contributed by atoms with van der Waals surface area (Å²) in [5, 5.41) is 9.11. The number of methoxy groups -OCH3 is 1. The molecule has 1 saturated heterocycles. The van der Waals surface area contributed by atoms with E-state index in [1.807, 2.05) is 17.8 Å². The monoisotopic (exact) mass is 308 g/mol. The highest BCUT2D eigenvalue weighted by Crippen LogP contribution is 2.23. The normalized spacial score (nSPS) is 19.0. The molecule has 1 heterocycles. The first-order valence-electron chi connectivity index (χ1n) is 6.71. The molecule has 0 saturated carbocycles. The van der Waals surface area contributed by atoms with Gasteiger partial charge in [0.2, 0.25) is 0 Å². The predicted molar refractivity (Wildman–Crippen MR) is 79.3 cm³/mol. The topological polar surface area (TPSA) is 53.3 Å². The third-order valence-corrected chi connectivity index (χ3v) is 4.64. The molecular weight excluding hydrogens is 291 g/mol. The van der Waals surface area contributed by atoms with Crippen molar-refractivity contribution in [3.05, 3.63) is 35.1 Å². The largest absolute Gasteiger partial charge is 0.469 e. The van der Waals surface area contributed by atoms with Crippen molar-refractivity contribution in [3.63, 3.8) is 0 Å². The molecule has 1 atom stereocenters. The van der Waals surface area contributed by atoms with E-state index >= 15 is 0 Å². The van der Waals surface area contributed by atoms with E-state index in [0.29, 0.717) is 18.5 Å². The number of hydrogen-bond acceptors (Lipinski definition) is 5. The zero-order valence-electron chi connectivity index (χ0n) is 11.8. The molecule has 6 heteroatoms. The SMILES string of the molecule is COC(=O)C[C@@H]1CSCCN1Cc1ccc(F)cc1C#N. The summed E-state index contributed by atoms with van der Waals surface area (Å²) in [6.45, 7) is 1.39. The van der Waals surface area contributed by atoms with Gasteiger partial charge in [0.1, 0.15) is 5.82 Å². The quantitative estimate of drug-likeness (QED) is 0.798. The molecule has 0 aliphatic carbocycles. The van der Waals surface area contributed by atoms with Gasteiger partial charge in [0, 0.05) is 30.6 Å². The van der Waals surface area contributed by atoms with Gasteiger partial charge < -0.3 is 4.74 Å². The molecule has 0 aromatic heterocycles. The lowest BCUT2D eigenvalue weighted by Gasteiger charge is -2.35. The van der Waals surface area contributed by atoms with E-state index in [-0.39, 0.29) is 12.0 Å². The van der Waals surface area contributed by atoms with Crippen LogP contribution < -0.4 is 0 Å². The molecule has 21 heavy (non-hydrogen) atoms. The Kier molecular flexibility index (Phi) is 5.59. The maximum atomic E-state index is 13.2. The number of carbonyl (C=O) groups is 1. The number of nitriles is 1. The van der Waals surface area contributed by atoms with Crippen LogP contribution in [0, 0.1) is 17.1 Å². The second-order valence-electron chi connectivity index (χ2n) is 4.89. The van der Waals surface area contributed by atoms with Gasteiger partial charge in [-0.25, -0.2) is 4.39 Å². The number of carbonyl (C=O) groups excluding carboxylic acids is 1. The van der Waals surface area contributed by atoms with Gasteiger partial charge in [-0.1, -0.05) is 6.07 Å². The molecule has 1 fully saturated rings. The lowest BCUT2D eigenvalue weighted by molar-refractivity contribution is -0.141. The summed E-state index contributed by atoms with van der Waals surface area (Å²) in [6, 6.07) is 6.38. The van der Waals surface area contributed by atoms with Crippen molar-refractivity contribution in [2.24, 2.45) is 0 Å². The van der Waals surface area contributed by atoms with Gasteiger partial charge in [0.25, 0.3) is 0 Å². The van der Waals surface area contributed by atoms with Gasteiger partial charge in [-0.3, -0.25) is 9.69 Å². The van der Waals surface area contributed by atoms with E-state index in [1.54, 1.807) is 6.07 Å². The number of nitrogens with zero attached hydrogens (tertiary/aromatic N) is 2. The first-order chi connectivity index (χ1) is 10.1. The summed E-state index contributed by atoms with van der Waals surface area (Å²) in [5.41, 5.74) is 1.14. The Labute approximate surface area is 127 Å². The van der Waals surface area contributed by atoms with Crippen LogP contribution in [0.2, 0.25) is 0 Å². The first-order valence-corrected chi connectivity index (χ1v) is 7.86. The van der Waals surface area contributed by atoms with Gasteiger partial charge in [0.05, 0.1) is 25.2 Å². The number of ether oxygens (including phenoxy) is 1.